The average Bonchev–Trinajstić information content (AvgIpc) is 3.05. The summed E-state index contributed by atoms with van der Waals surface area (Å²) in [4.78, 5) is 42.0. The van der Waals surface area contributed by atoms with Crippen LogP contribution in [-0.4, -0.2) is 36.7 Å². The summed E-state index contributed by atoms with van der Waals surface area (Å²) in [6.45, 7) is 0. The molecule has 0 radical (unpaired) electrons. The van der Waals surface area contributed by atoms with Crippen molar-refractivity contribution in [3.05, 3.63) is 37.4 Å². The maximum Gasteiger partial charge on any atom is 0.299 e. The second kappa shape index (κ2) is 5.17. The number of aromatic nitrogens is 4. The molecule has 18 heavy (non-hydrogen) atoms. The first-order valence-corrected chi connectivity index (χ1v) is 5.25. The van der Waals surface area contributed by atoms with Crippen LogP contribution in [0, 0.1) is 0 Å². The van der Waals surface area contributed by atoms with Gasteiger partial charge in [-0.1, -0.05) is 0 Å². The molecule has 0 aliphatic heterocycles. The van der Waals surface area contributed by atoms with Gasteiger partial charge in [-0.05, 0) is 0 Å². The zero-order chi connectivity index (χ0) is 13.0. The Labute approximate surface area is 102 Å². The molecule has 92 valence electrons. The smallest absolute Gasteiger partial charge is 0.289 e. The molecule has 2 rings (SSSR count). The molecular weight excluding hydrogens is 236 g/mol. The van der Waals surface area contributed by atoms with Gasteiger partial charge in [-0.2, -0.15) is 0 Å². The Morgan fingerprint density at radius 1 is 0.889 bits per heavy atom. The minimum Gasteiger partial charge on any atom is -0.289 e. The highest BCUT2D eigenvalue weighted by atomic mass is 16.2. The molecule has 0 saturated carbocycles. The normalized spacial score (nSPS) is 10.2. The van der Waals surface area contributed by atoms with Crippen molar-refractivity contribution in [2.75, 3.05) is 0 Å². The first-order chi connectivity index (χ1) is 8.68. The predicted molar refractivity (Wildman–Crippen MR) is 59.9 cm³/mol. The summed E-state index contributed by atoms with van der Waals surface area (Å²) >= 11 is 0. The predicted octanol–water partition coefficient (Wildman–Crippen LogP) is 0.410. The molecule has 0 aliphatic carbocycles. The molecule has 7 heteroatoms. The first kappa shape index (κ1) is 11.9. The van der Waals surface area contributed by atoms with Gasteiger partial charge in [0.1, 0.15) is 12.7 Å². The minimum atomic E-state index is -0.689. The van der Waals surface area contributed by atoms with Crippen molar-refractivity contribution >= 4 is 17.6 Å². The van der Waals surface area contributed by atoms with Gasteiger partial charge in [0.05, 0.1) is 0 Å². The Morgan fingerprint density at radius 3 is 2.06 bits per heavy atom. The van der Waals surface area contributed by atoms with E-state index < -0.39 is 11.7 Å². The van der Waals surface area contributed by atoms with Crippen LogP contribution in [0.25, 0.3) is 0 Å². The number of ketones is 1. The fourth-order valence-corrected chi connectivity index (χ4v) is 1.39. The molecule has 7 nitrogen and oxygen atoms in total. The summed E-state index contributed by atoms with van der Waals surface area (Å²) in [5, 5.41) is 0. The first-order valence-electron chi connectivity index (χ1n) is 5.25. The Morgan fingerprint density at radius 2 is 1.50 bits per heavy atom. The molecule has 0 bridgehead atoms. The van der Waals surface area contributed by atoms with E-state index in [4.69, 9.17) is 0 Å². The molecule has 0 atom stereocenters. The van der Waals surface area contributed by atoms with Gasteiger partial charge in [0, 0.05) is 37.6 Å². The zero-order valence-electron chi connectivity index (χ0n) is 9.39. The van der Waals surface area contributed by atoms with Crippen LogP contribution in [0.4, 0.5) is 0 Å². The van der Waals surface area contributed by atoms with Crippen LogP contribution >= 0.6 is 0 Å². The highest BCUT2D eigenvalue weighted by Crippen LogP contribution is 1.99. The molecule has 2 aromatic rings. The Bertz CT molecular complexity index is 557. The van der Waals surface area contributed by atoms with E-state index in [1.54, 1.807) is 0 Å². The van der Waals surface area contributed by atoms with Gasteiger partial charge in [-0.15, -0.1) is 0 Å². The summed E-state index contributed by atoms with van der Waals surface area (Å²) in [5.74, 6) is -1.59. The lowest BCUT2D eigenvalue weighted by Crippen LogP contribution is -2.22. The fourth-order valence-electron chi connectivity index (χ4n) is 1.39. The van der Waals surface area contributed by atoms with E-state index in [0.29, 0.717) is 0 Å². The number of rotatable bonds is 4. The fraction of sp³-hybridized carbons (Fsp3) is 0.182. The van der Waals surface area contributed by atoms with Gasteiger partial charge in [0.15, 0.2) is 0 Å². The van der Waals surface area contributed by atoms with E-state index in [9.17, 15) is 14.4 Å². The van der Waals surface area contributed by atoms with Crippen LogP contribution in [0.15, 0.2) is 37.4 Å². The Hall–Kier alpha value is -2.57. The van der Waals surface area contributed by atoms with Gasteiger partial charge in [-0.25, -0.2) is 9.97 Å². The lowest BCUT2D eigenvalue weighted by molar-refractivity contribution is -0.115. The Kier molecular flexibility index (Phi) is 3.42. The van der Waals surface area contributed by atoms with Gasteiger partial charge in [0.25, 0.3) is 5.91 Å². The molecule has 2 heterocycles. The van der Waals surface area contributed by atoms with Gasteiger partial charge in [-0.3, -0.25) is 23.5 Å². The summed E-state index contributed by atoms with van der Waals surface area (Å²) in [7, 11) is 0. The van der Waals surface area contributed by atoms with Crippen molar-refractivity contribution in [2.45, 2.75) is 12.8 Å². The SMILES string of the molecule is O=C(CCC(=O)n1ccnc1)C(=O)n1ccnc1. The number of imidazole rings is 2. The number of nitrogens with zero attached hydrogens (tertiary/aromatic N) is 4. The molecule has 0 unspecified atom stereocenters. The van der Waals surface area contributed by atoms with Crippen LogP contribution < -0.4 is 0 Å². The third kappa shape index (κ3) is 2.57. The number of hydrogen-bond donors (Lipinski definition) is 0. The summed E-state index contributed by atoms with van der Waals surface area (Å²) < 4.78 is 2.36. The molecule has 0 fully saturated rings. The van der Waals surface area contributed by atoms with Gasteiger partial charge in [0.2, 0.25) is 11.7 Å². The van der Waals surface area contributed by atoms with Crippen LogP contribution in [0.2, 0.25) is 0 Å². The number of Topliss-reactive ketones (excluding diaryl/α,β-unsaturated/α-hetero) is 1. The van der Waals surface area contributed by atoms with Crippen molar-refractivity contribution in [3.63, 3.8) is 0 Å². The number of hydrogen-bond acceptors (Lipinski definition) is 5. The average molecular weight is 246 g/mol. The van der Waals surface area contributed by atoms with Crippen LogP contribution in [0.1, 0.15) is 22.4 Å². The van der Waals surface area contributed by atoms with Crippen molar-refractivity contribution in [3.8, 4) is 0 Å². The topological polar surface area (TPSA) is 86.9 Å². The van der Waals surface area contributed by atoms with Crippen molar-refractivity contribution in [2.24, 2.45) is 0 Å². The van der Waals surface area contributed by atoms with E-state index in [1.807, 2.05) is 0 Å². The lowest BCUT2D eigenvalue weighted by Gasteiger charge is -2.01. The molecule has 0 aliphatic rings. The minimum absolute atomic E-state index is 0.0321. The number of carbonyl (C=O) groups is 3. The van der Waals surface area contributed by atoms with E-state index in [0.717, 1.165) is 4.57 Å². The molecule has 0 saturated heterocycles. The van der Waals surface area contributed by atoms with Gasteiger partial charge >= 0.3 is 0 Å². The monoisotopic (exact) mass is 246 g/mol. The molecule has 0 aromatic carbocycles. The standard InChI is InChI=1S/C11H10N4O3/c16-9(11(18)15-6-4-13-8-15)1-2-10(17)14-5-3-12-7-14/h3-8H,1-2H2. The molecule has 0 spiro atoms. The molecule has 0 N–H and O–H groups in total. The molecule has 0 amide bonds. The van der Waals surface area contributed by atoms with E-state index >= 15 is 0 Å². The van der Waals surface area contributed by atoms with E-state index in [1.165, 1.54) is 42.0 Å². The maximum atomic E-state index is 11.6. The van der Waals surface area contributed by atoms with Crippen molar-refractivity contribution in [1.29, 1.82) is 0 Å². The third-order valence-corrected chi connectivity index (χ3v) is 2.34. The number of carbonyl (C=O) groups excluding carboxylic acids is 3. The zero-order valence-corrected chi connectivity index (χ0v) is 9.39. The summed E-state index contributed by atoms with van der Waals surface area (Å²) in [6, 6.07) is 0. The largest absolute Gasteiger partial charge is 0.299 e. The lowest BCUT2D eigenvalue weighted by atomic mass is 10.2. The summed E-state index contributed by atoms with van der Waals surface area (Å²) in [6.07, 6.45) is 8.19. The van der Waals surface area contributed by atoms with Crippen LogP contribution in [-0.2, 0) is 4.79 Å². The molecule has 2 aromatic heterocycles. The van der Waals surface area contributed by atoms with Crippen molar-refractivity contribution < 1.29 is 14.4 Å². The summed E-state index contributed by atoms with van der Waals surface area (Å²) in [5.41, 5.74) is 0. The van der Waals surface area contributed by atoms with Gasteiger partial charge < -0.3 is 0 Å². The quantitative estimate of drug-likeness (QED) is 0.729. The van der Waals surface area contributed by atoms with Crippen LogP contribution in [0.3, 0.4) is 0 Å². The maximum absolute atomic E-state index is 11.6. The second-order valence-electron chi connectivity index (χ2n) is 3.56. The Balaban J connectivity index is 1.89. The highest BCUT2D eigenvalue weighted by molar-refractivity contribution is 6.37. The van der Waals surface area contributed by atoms with E-state index in [-0.39, 0.29) is 18.7 Å². The van der Waals surface area contributed by atoms with E-state index in [2.05, 4.69) is 9.97 Å². The molecular formula is C11H10N4O3. The second-order valence-corrected chi connectivity index (χ2v) is 3.56. The van der Waals surface area contributed by atoms with Crippen molar-refractivity contribution in [1.82, 2.24) is 19.1 Å². The van der Waals surface area contributed by atoms with Crippen LogP contribution in [0.5, 0.6) is 0 Å². The highest BCUT2D eigenvalue weighted by Gasteiger charge is 2.17. The third-order valence-electron chi connectivity index (χ3n) is 2.34.